The molecule has 0 atom stereocenters. The van der Waals surface area contributed by atoms with Gasteiger partial charge in [0, 0.05) is 0 Å². The molecular formula is C20H21NO5. The smallest absolute Gasteiger partial charge is 0.221 e. The van der Waals surface area contributed by atoms with Crippen LogP contribution < -0.4 is 19.9 Å². The Hall–Kier alpha value is -3.28. The van der Waals surface area contributed by atoms with Crippen molar-refractivity contribution in [2.45, 2.75) is 6.42 Å². The number of ketones is 1. The highest BCUT2D eigenvalue weighted by molar-refractivity contribution is 6.09. The number of primary amides is 1. The molecule has 0 heterocycles. The minimum absolute atomic E-state index is 0.186. The zero-order chi connectivity index (χ0) is 19.1. The number of rotatable bonds is 8. The van der Waals surface area contributed by atoms with E-state index in [-0.39, 0.29) is 18.1 Å². The highest BCUT2D eigenvalue weighted by Crippen LogP contribution is 2.40. The largest absolute Gasteiger partial charge is 0.493 e. The van der Waals surface area contributed by atoms with Gasteiger partial charge in [0.05, 0.1) is 33.3 Å². The second kappa shape index (κ2) is 8.71. The van der Waals surface area contributed by atoms with Crippen LogP contribution in [0.4, 0.5) is 0 Å². The average molecular weight is 355 g/mol. The van der Waals surface area contributed by atoms with Gasteiger partial charge in [0.2, 0.25) is 11.7 Å². The lowest BCUT2D eigenvalue weighted by molar-refractivity contribution is -0.117. The summed E-state index contributed by atoms with van der Waals surface area (Å²) in [7, 11) is 4.47. The minimum atomic E-state index is -0.385. The van der Waals surface area contributed by atoms with Crippen molar-refractivity contribution < 1.29 is 23.8 Å². The number of allylic oxidation sites excluding steroid dienone is 1. The van der Waals surface area contributed by atoms with Crippen molar-refractivity contribution in [2.24, 2.45) is 5.73 Å². The van der Waals surface area contributed by atoms with Gasteiger partial charge in [-0.25, -0.2) is 0 Å². The van der Waals surface area contributed by atoms with E-state index in [4.69, 9.17) is 19.9 Å². The molecule has 2 aromatic carbocycles. The van der Waals surface area contributed by atoms with Gasteiger partial charge in [-0.05, 0) is 29.3 Å². The van der Waals surface area contributed by atoms with E-state index in [1.165, 1.54) is 27.4 Å². The van der Waals surface area contributed by atoms with E-state index in [0.717, 1.165) is 11.1 Å². The highest BCUT2D eigenvalue weighted by atomic mass is 16.5. The van der Waals surface area contributed by atoms with Gasteiger partial charge in [-0.15, -0.1) is 0 Å². The van der Waals surface area contributed by atoms with Crippen LogP contribution >= 0.6 is 0 Å². The highest BCUT2D eigenvalue weighted by Gasteiger charge is 2.19. The van der Waals surface area contributed by atoms with Gasteiger partial charge >= 0.3 is 0 Å². The van der Waals surface area contributed by atoms with Gasteiger partial charge in [-0.2, -0.15) is 0 Å². The maximum atomic E-state index is 12.6. The molecule has 0 radical (unpaired) electrons. The number of hydrogen-bond acceptors (Lipinski definition) is 5. The third-order valence-electron chi connectivity index (χ3n) is 3.75. The average Bonchev–Trinajstić information content (AvgIpc) is 2.65. The SMILES string of the molecule is COc1ccc(C(=O)C=Cc2ccc(CC(N)=O)cc2)c(OC)c1OC. The maximum Gasteiger partial charge on any atom is 0.221 e. The van der Waals surface area contributed by atoms with Gasteiger partial charge in [0.25, 0.3) is 0 Å². The quantitative estimate of drug-likeness (QED) is 0.581. The Morgan fingerprint density at radius 3 is 2.12 bits per heavy atom. The Labute approximate surface area is 152 Å². The van der Waals surface area contributed by atoms with Crippen molar-refractivity contribution in [1.82, 2.24) is 0 Å². The molecule has 0 fully saturated rings. The summed E-state index contributed by atoms with van der Waals surface area (Å²) in [5, 5.41) is 0. The Morgan fingerprint density at radius 2 is 1.58 bits per heavy atom. The van der Waals surface area contributed by atoms with E-state index in [9.17, 15) is 9.59 Å². The van der Waals surface area contributed by atoms with Crippen LogP contribution in [0.1, 0.15) is 21.5 Å². The third-order valence-corrected chi connectivity index (χ3v) is 3.75. The van der Waals surface area contributed by atoms with Gasteiger partial charge in [0.1, 0.15) is 0 Å². The topological polar surface area (TPSA) is 87.9 Å². The molecule has 6 nitrogen and oxygen atoms in total. The van der Waals surface area contributed by atoms with E-state index >= 15 is 0 Å². The minimum Gasteiger partial charge on any atom is -0.493 e. The van der Waals surface area contributed by atoms with Gasteiger partial charge in [-0.1, -0.05) is 30.3 Å². The lowest BCUT2D eigenvalue weighted by Crippen LogP contribution is -2.13. The standard InChI is InChI=1S/C20H21NO5/c1-24-17-11-9-15(19(25-2)20(17)26-3)16(22)10-8-13-4-6-14(7-5-13)12-18(21)23/h4-11H,12H2,1-3H3,(H2,21,23). The molecule has 0 spiro atoms. The second-order valence-electron chi connectivity index (χ2n) is 5.46. The third kappa shape index (κ3) is 4.42. The van der Waals surface area contributed by atoms with Crippen LogP contribution in [0.5, 0.6) is 17.2 Å². The van der Waals surface area contributed by atoms with Crippen molar-refractivity contribution in [2.75, 3.05) is 21.3 Å². The van der Waals surface area contributed by atoms with Crippen LogP contribution in [0.25, 0.3) is 6.08 Å². The Bertz CT molecular complexity index is 825. The summed E-state index contributed by atoms with van der Waals surface area (Å²) < 4.78 is 15.8. The van der Waals surface area contributed by atoms with Gasteiger partial charge in [0.15, 0.2) is 17.3 Å². The molecule has 6 heteroatoms. The van der Waals surface area contributed by atoms with Crippen LogP contribution in [0.3, 0.4) is 0 Å². The van der Waals surface area contributed by atoms with Crippen LogP contribution in [0.2, 0.25) is 0 Å². The number of methoxy groups -OCH3 is 3. The molecule has 0 aliphatic carbocycles. The number of benzene rings is 2. The Morgan fingerprint density at radius 1 is 0.923 bits per heavy atom. The monoisotopic (exact) mass is 355 g/mol. The predicted octanol–water partition coefficient (Wildman–Crippen LogP) is 2.64. The first-order chi connectivity index (χ1) is 12.5. The van der Waals surface area contributed by atoms with E-state index in [1.54, 1.807) is 30.3 Å². The molecule has 1 amide bonds. The van der Waals surface area contributed by atoms with Crippen molar-refractivity contribution >= 4 is 17.8 Å². The van der Waals surface area contributed by atoms with Crippen LogP contribution in [-0.2, 0) is 11.2 Å². The molecule has 0 saturated carbocycles. The summed E-state index contributed by atoms with van der Waals surface area (Å²) in [6, 6.07) is 10.5. The lowest BCUT2D eigenvalue weighted by atomic mass is 10.1. The van der Waals surface area contributed by atoms with Gasteiger partial charge < -0.3 is 19.9 Å². The summed E-state index contributed by atoms with van der Waals surface area (Å²) in [5.41, 5.74) is 7.18. The second-order valence-corrected chi connectivity index (χ2v) is 5.46. The van der Waals surface area contributed by atoms with Gasteiger partial charge in [-0.3, -0.25) is 9.59 Å². The van der Waals surface area contributed by atoms with Crippen molar-refractivity contribution in [1.29, 1.82) is 0 Å². The fraction of sp³-hybridized carbons (Fsp3) is 0.200. The molecule has 2 aromatic rings. The molecule has 0 unspecified atom stereocenters. The lowest BCUT2D eigenvalue weighted by Gasteiger charge is -2.14. The summed E-state index contributed by atoms with van der Waals surface area (Å²) >= 11 is 0. The maximum absolute atomic E-state index is 12.6. The first-order valence-corrected chi connectivity index (χ1v) is 7.88. The number of carbonyl (C=O) groups is 2. The number of hydrogen-bond donors (Lipinski definition) is 1. The number of nitrogens with two attached hydrogens (primary N) is 1. The first-order valence-electron chi connectivity index (χ1n) is 7.88. The molecule has 0 bridgehead atoms. The summed E-state index contributed by atoms with van der Waals surface area (Å²) in [4.78, 5) is 23.5. The zero-order valence-corrected chi connectivity index (χ0v) is 14.9. The Kier molecular flexibility index (Phi) is 6.38. The normalized spacial score (nSPS) is 10.6. The fourth-order valence-electron chi connectivity index (χ4n) is 2.50. The molecule has 0 aliphatic rings. The number of ether oxygens (including phenoxy) is 3. The molecule has 26 heavy (non-hydrogen) atoms. The summed E-state index contributed by atoms with van der Waals surface area (Å²) in [5.74, 6) is 0.548. The number of carbonyl (C=O) groups excluding carboxylic acids is 2. The zero-order valence-electron chi connectivity index (χ0n) is 14.9. The van der Waals surface area contributed by atoms with Crippen LogP contribution in [-0.4, -0.2) is 33.0 Å². The molecule has 0 aromatic heterocycles. The summed E-state index contributed by atoms with van der Waals surface area (Å²) in [6.45, 7) is 0. The van der Waals surface area contributed by atoms with E-state index in [2.05, 4.69) is 0 Å². The molecule has 0 aliphatic heterocycles. The molecule has 136 valence electrons. The molecular weight excluding hydrogens is 334 g/mol. The van der Waals surface area contributed by atoms with Crippen LogP contribution in [0, 0.1) is 0 Å². The van der Waals surface area contributed by atoms with Crippen LogP contribution in [0.15, 0.2) is 42.5 Å². The fourth-order valence-corrected chi connectivity index (χ4v) is 2.50. The summed E-state index contributed by atoms with van der Waals surface area (Å²) in [6.07, 6.45) is 3.32. The van der Waals surface area contributed by atoms with E-state index in [1.807, 2.05) is 12.1 Å². The van der Waals surface area contributed by atoms with Crippen molar-refractivity contribution in [3.05, 3.63) is 59.2 Å². The molecule has 0 saturated heterocycles. The number of amides is 1. The predicted molar refractivity (Wildman–Crippen MR) is 98.8 cm³/mol. The first kappa shape index (κ1) is 19.1. The van der Waals surface area contributed by atoms with E-state index < -0.39 is 0 Å². The molecule has 2 N–H and O–H groups in total. The molecule has 2 rings (SSSR count). The van der Waals surface area contributed by atoms with Crippen molar-refractivity contribution in [3.63, 3.8) is 0 Å². The van der Waals surface area contributed by atoms with E-state index in [0.29, 0.717) is 22.8 Å². The Balaban J connectivity index is 2.24. The van der Waals surface area contributed by atoms with Crippen molar-refractivity contribution in [3.8, 4) is 17.2 Å².